The summed E-state index contributed by atoms with van der Waals surface area (Å²) in [6.07, 6.45) is 2.68. The minimum Gasteiger partial charge on any atom is -0.478 e. The van der Waals surface area contributed by atoms with Crippen molar-refractivity contribution in [2.24, 2.45) is 0 Å². The van der Waals surface area contributed by atoms with Crippen LogP contribution in [0.3, 0.4) is 0 Å². The average Bonchev–Trinajstić information content (AvgIpc) is 2.16. The van der Waals surface area contributed by atoms with Crippen LogP contribution in [0.1, 0.15) is 5.56 Å². The Kier molecular flexibility index (Phi) is 3.73. The SMILES string of the molecule is CN(/C=C/C(=O)O)Cc1ccccc1. The summed E-state index contributed by atoms with van der Waals surface area (Å²) >= 11 is 0. The zero-order valence-corrected chi connectivity index (χ0v) is 8.05. The van der Waals surface area contributed by atoms with Crippen molar-refractivity contribution >= 4 is 5.97 Å². The lowest BCUT2D eigenvalue weighted by Gasteiger charge is -2.12. The van der Waals surface area contributed by atoms with Crippen molar-refractivity contribution in [2.45, 2.75) is 6.54 Å². The molecule has 0 unspecified atom stereocenters. The zero-order valence-electron chi connectivity index (χ0n) is 8.05. The van der Waals surface area contributed by atoms with Crippen LogP contribution in [0.5, 0.6) is 0 Å². The second-order valence-electron chi connectivity index (χ2n) is 3.05. The molecule has 0 aromatic heterocycles. The molecule has 0 aliphatic rings. The molecule has 1 aromatic carbocycles. The van der Waals surface area contributed by atoms with E-state index in [1.807, 2.05) is 42.3 Å². The van der Waals surface area contributed by atoms with Gasteiger partial charge in [0.1, 0.15) is 0 Å². The van der Waals surface area contributed by atoms with Gasteiger partial charge in [-0.2, -0.15) is 0 Å². The standard InChI is InChI=1S/C11H13NO2/c1-12(8-7-11(13)14)9-10-5-3-2-4-6-10/h2-8H,9H2,1H3,(H,13,14)/b8-7+. The molecule has 0 atom stereocenters. The van der Waals surface area contributed by atoms with E-state index >= 15 is 0 Å². The van der Waals surface area contributed by atoms with E-state index in [1.54, 1.807) is 6.20 Å². The van der Waals surface area contributed by atoms with Crippen LogP contribution in [0.4, 0.5) is 0 Å². The number of carboxylic acids is 1. The third-order valence-electron chi connectivity index (χ3n) is 1.75. The second-order valence-corrected chi connectivity index (χ2v) is 3.05. The number of nitrogens with zero attached hydrogens (tertiary/aromatic N) is 1. The fourth-order valence-electron chi connectivity index (χ4n) is 1.12. The van der Waals surface area contributed by atoms with Gasteiger partial charge in [-0.3, -0.25) is 0 Å². The fourth-order valence-corrected chi connectivity index (χ4v) is 1.12. The first-order chi connectivity index (χ1) is 6.68. The Labute approximate surface area is 83.3 Å². The summed E-state index contributed by atoms with van der Waals surface area (Å²) in [6.45, 7) is 0.713. The Morgan fingerprint density at radius 2 is 2.07 bits per heavy atom. The Morgan fingerprint density at radius 1 is 1.43 bits per heavy atom. The van der Waals surface area contributed by atoms with Gasteiger partial charge in [0.15, 0.2) is 0 Å². The van der Waals surface area contributed by atoms with Crippen molar-refractivity contribution in [3.63, 3.8) is 0 Å². The summed E-state index contributed by atoms with van der Waals surface area (Å²) < 4.78 is 0. The highest BCUT2D eigenvalue weighted by molar-refractivity contribution is 5.79. The lowest BCUT2D eigenvalue weighted by Crippen LogP contribution is -2.10. The highest BCUT2D eigenvalue weighted by Crippen LogP contribution is 2.02. The van der Waals surface area contributed by atoms with Gasteiger partial charge < -0.3 is 10.0 Å². The molecule has 0 fully saturated rings. The van der Waals surface area contributed by atoms with Crippen LogP contribution >= 0.6 is 0 Å². The van der Waals surface area contributed by atoms with Crippen LogP contribution in [0.25, 0.3) is 0 Å². The van der Waals surface area contributed by atoms with E-state index in [0.717, 1.165) is 11.6 Å². The summed E-state index contributed by atoms with van der Waals surface area (Å²) in [5.41, 5.74) is 1.16. The van der Waals surface area contributed by atoms with Gasteiger partial charge in [-0.25, -0.2) is 4.79 Å². The first-order valence-corrected chi connectivity index (χ1v) is 4.34. The minimum absolute atomic E-state index is 0.713. The Morgan fingerprint density at radius 3 is 2.64 bits per heavy atom. The van der Waals surface area contributed by atoms with Crippen LogP contribution in [0.2, 0.25) is 0 Å². The molecule has 3 nitrogen and oxygen atoms in total. The maximum absolute atomic E-state index is 10.2. The lowest BCUT2D eigenvalue weighted by atomic mass is 10.2. The van der Waals surface area contributed by atoms with Crippen LogP contribution in [0.15, 0.2) is 42.6 Å². The molecule has 1 N–H and O–H groups in total. The van der Waals surface area contributed by atoms with Gasteiger partial charge in [0.25, 0.3) is 0 Å². The topological polar surface area (TPSA) is 40.5 Å². The van der Waals surface area contributed by atoms with Crippen molar-refractivity contribution in [3.8, 4) is 0 Å². The molecule has 0 spiro atoms. The predicted octanol–water partition coefficient (Wildman–Crippen LogP) is 1.72. The fraction of sp³-hybridized carbons (Fsp3) is 0.182. The van der Waals surface area contributed by atoms with Gasteiger partial charge in [0.05, 0.1) is 0 Å². The molecule has 0 radical (unpaired) electrons. The first kappa shape index (κ1) is 10.3. The summed E-state index contributed by atoms with van der Waals surface area (Å²) in [7, 11) is 1.84. The Balaban J connectivity index is 2.49. The van der Waals surface area contributed by atoms with Crippen molar-refractivity contribution in [1.29, 1.82) is 0 Å². The number of aliphatic carboxylic acids is 1. The lowest BCUT2D eigenvalue weighted by molar-refractivity contribution is -0.131. The normalized spacial score (nSPS) is 10.4. The summed E-state index contributed by atoms with van der Waals surface area (Å²) in [6, 6.07) is 9.89. The van der Waals surface area contributed by atoms with Gasteiger partial charge >= 0.3 is 5.97 Å². The maximum Gasteiger partial charge on any atom is 0.329 e. The number of carbonyl (C=O) groups is 1. The van der Waals surface area contributed by atoms with Crippen molar-refractivity contribution in [2.75, 3.05) is 7.05 Å². The van der Waals surface area contributed by atoms with Crippen LogP contribution in [0, 0.1) is 0 Å². The van der Waals surface area contributed by atoms with E-state index in [2.05, 4.69) is 0 Å². The van der Waals surface area contributed by atoms with E-state index in [0.29, 0.717) is 6.54 Å². The predicted molar refractivity (Wildman–Crippen MR) is 54.7 cm³/mol. The number of hydrogen-bond donors (Lipinski definition) is 1. The highest BCUT2D eigenvalue weighted by atomic mass is 16.4. The second kappa shape index (κ2) is 5.07. The largest absolute Gasteiger partial charge is 0.478 e. The van der Waals surface area contributed by atoms with E-state index in [1.165, 1.54) is 0 Å². The molecule has 14 heavy (non-hydrogen) atoms. The van der Waals surface area contributed by atoms with E-state index in [4.69, 9.17) is 5.11 Å². The summed E-state index contributed by atoms with van der Waals surface area (Å²) in [4.78, 5) is 12.1. The third kappa shape index (κ3) is 3.76. The molecule has 0 saturated carbocycles. The molecule has 1 rings (SSSR count). The average molecular weight is 191 g/mol. The smallest absolute Gasteiger partial charge is 0.329 e. The first-order valence-electron chi connectivity index (χ1n) is 4.34. The van der Waals surface area contributed by atoms with E-state index < -0.39 is 5.97 Å². The highest BCUT2D eigenvalue weighted by Gasteiger charge is 1.94. The Bertz CT molecular complexity index is 319. The van der Waals surface area contributed by atoms with Crippen molar-refractivity contribution in [1.82, 2.24) is 4.90 Å². The van der Waals surface area contributed by atoms with Gasteiger partial charge in [-0.05, 0) is 5.56 Å². The maximum atomic E-state index is 10.2. The summed E-state index contributed by atoms with van der Waals surface area (Å²) in [5.74, 6) is -0.926. The zero-order chi connectivity index (χ0) is 10.4. The molecule has 0 aliphatic carbocycles. The quantitative estimate of drug-likeness (QED) is 0.736. The van der Waals surface area contributed by atoms with Crippen molar-refractivity contribution < 1.29 is 9.90 Å². The molecule has 0 bridgehead atoms. The molecule has 3 heteroatoms. The number of benzene rings is 1. The molecular formula is C11H13NO2. The minimum atomic E-state index is -0.926. The van der Waals surface area contributed by atoms with Crippen LogP contribution in [-0.4, -0.2) is 23.0 Å². The van der Waals surface area contributed by atoms with Crippen molar-refractivity contribution in [3.05, 3.63) is 48.2 Å². The van der Waals surface area contributed by atoms with Crippen LogP contribution in [-0.2, 0) is 11.3 Å². The van der Waals surface area contributed by atoms with E-state index in [9.17, 15) is 4.79 Å². The summed E-state index contributed by atoms with van der Waals surface area (Å²) in [5, 5.41) is 8.41. The van der Waals surface area contributed by atoms with Gasteiger partial charge in [0, 0.05) is 25.9 Å². The van der Waals surface area contributed by atoms with Gasteiger partial charge in [-0.1, -0.05) is 30.3 Å². The molecule has 0 aliphatic heterocycles. The van der Waals surface area contributed by atoms with E-state index in [-0.39, 0.29) is 0 Å². The molecule has 0 saturated heterocycles. The van der Waals surface area contributed by atoms with Gasteiger partial charge in [0.2, 0.25) is 0 Å². The van der Waals surface area contributed by atoms with Gasteiger partial charge in [-0.15, -0.1) is 0 Å². The number of rotatable bonds is 4. The Hall–Kier alpha value is -1.77. The molecular weight excluding hydrogens is 178 g/mol. The molecule has 74 valence electrons. The number of carboxylic acid groups (broad SMARTS) is 1. The molecule has 0 amide bonds. The number of hydrogen-bond acceptors (Lipinski definition) is 2. The monoisotopic (exact) mass is 191 g/mol. The molecule has 1 aromatic rings. The molecule has 0 heterocycles. The third-order valence-corrected chi connectivity index (χ3v) is 1.75. The van der Waals surface area contributed by atoms with Crippen LogP contribution < -0.4 is 0 Å².